The summed E-state index contributed by atoms with van der Waals surface area (Å²) < 4.78 is 0. The molecular formula is C12H24N2O. The van der Waals surface area contributed by atoms with Crippen LogP contribution in [0.5, 0.6) is 0 Å². The van der Waals surface area contributed by atoms with Crippen LogP contribution in [-0.4, -0.2) is 36.4 Å². The van der Waals surface area contributed by atoms with Gasteiger partial charge in [0.1, 0.15) is 0 Å². The molecule has 0 aromatic rings. The van der Waals surface area contributed by atoms with Crippen molar-refractivity contribution < 1.29 is 5.11 Å². The molecule has 3 atom stereocenters. The molecule has 3 heteroatoms. The van der Waals surface area contributed by atoms with Crippen molar-refractivity contribution in [1.82, 2.24) is 10.6 Å². The lowest BCUT2D eigenvalue weighted by atomic mass is 9.64. The topological polar surface area (TPSA) is 44.3 Å². The molecule has 0 spiro atoms. The monoisotopic (exact) mass is 212 g/mol. The predicted molar refractivity (Wildman–Crippen MR) is 61.8 cm³/mol. The summed E-state index contributed by atoms with van der Waals surface area (Å²) in [6, 6.07) is 1.16. The first-order valence-corrected chi connectivity index (χ1v) is 6.25. The highest BCUT2D eigenvalue weighted by Gasteiger charge is 2.47. The van der Waals surface area contributed by atoms with Crippen LogP contribution < -0.4 is 10.6 Å². The number of aliphatic hydroxyl groups is 1. The standard InChI is InChI=1S/C12H24N2O/c1-12(2)10(8-11(12)15)14-9-4-3-6-13-7-5-9/h9-11,13-15H,3-8H2,1-2H3. The van der Waals surface area contributed by atoms with Crippen LogP contribution in [0.25, 0.3) is 0 Å². The summed E-state index contributed by atoms with van der Waals surface area (Å²) in [5.74, 6) is 0. The van der Waals surface area contributed by atoms with Gasteiger partial charge in [-0.15, -0.1) is 0 Å². The van der Waals surface area contributed by atoms with E-state index in [1.54, 1.807) is 0 Å². The fourth-order valence-electron chi connectivity index (χ4n) is 2.66. The lowest BCUT2D eigenvalue weighted by Crippen LogP contribution is -2.62. The fourth-order valence-corrected chi connectivity index (χ4v) is 2.66. The summed E-state index contributed by atoms with van der Waals surface area (Å²) in [4.78, 5) is 0. The van der Waals surface area contributed by atoms with Crippen molar-refractivity contribution in [2.24, 2.45) is 5.41 Å². The van der Waals surface area contributed by atoms with E-state index in [2.05, 4.69) is 24.5 Å². The van der Waals surface area contributed by atoms with Gasteiger partial charge in [-0.1, -0.05) is 13.8 Å². The zero-order valence-electron chi connectivity index (χ0n) is 9.92. The Balaban J connectivity index is 1.81. The Morgan fingerprint density at radius 1 is 1.27 bits per heavy atom. The van der Waals surface area contributed by atoms with E-state index in [-0.39, 0.29) is 11.5 Å². The van der Waals surface area contributed by atoms with Crippen LogP contribution in [0.2, 0.25) is 0 Å². The molecule has 1 saturated heterocycles. The average molecular weight is 212 g/mol. The molecule has 1 aliphatic heterocycles. The van der Waals surface area contributed by atoms with Gasteiger partial charge in [0.05, 0.1) is 6.10 Å². The zero-order valence-corrected chi connectivity index (χ0v) is 9.92. The third-order valence-corrected chi connectivity index (χ3v) is 4.23. The molecular weight excluding hydrogens is 188 g/mol. The Bertz CT molecular complexity index is 210. The number of hydrogen-bond donors (Lipinski definition) is 3. The Kier molecular flexibility index (Phi) is 3.33. The van der Waals surface area contributed by atoms with Gasteiger partial charge in [-0.2, -0.15) is 0 Å². The molecule has 2 aliphatic rings. The van der Waals surface area contributed by atoms with E-state index in [0.717, 1.165) is 19.5 Å². The quantitative estimate of drug-likeness (QED) is 0.636. The molecule has 0 radical (unpaired) electrons. The number of nitrogens with one attached hydrogen (secondary N) is 2. The Morgan fingerprint density at radius 2 is 2.07 bits per heavy atom. The van der Waals surface area contributed by atoms with E-state index >= 15 is 0 Å². The second-order valence-corrected chi connectivity index (χ2v) is 5.67. The van der Waals surface area contributed by atoms with Gasteiger partial charge < -0.3 is 15.7 Å². The van der Waals surface area contributed by atoms with E-state index < -0.39 is 0 Å². The molecule has 88 valence electrons. The SMILES string of the molecule is CC1(C)C(O)CC1NC1CCCNCC1. The molecule has 0 aromatic heterocycles. The Hall–Kier alpha value is -0.120. The third kappa shape index (κ3) is 2.35. The third-order valence-electron chi connectivity index (χ3n) is 4.23. The van der Waals surface area contributed by atoms with Gasteiger partial charge in [-0.25, -0.2) is 0 Å². The molecule has 2 rings (SSSR count). The molecule has 15 heavy (non-hydrogen) atoms. The Morgan fingerprint density at radius 3 is 2.73 bits per heavy atom. The summed E-state index contributed by atoms with van der Waals surface area (Å²) >= 11 is 0. The normalized spacial score (nSPS) is 40.6. The maximum atomic E-state index is 9.68. The lowest BCUT2D eigenvalue weighted by molar-refractivity contribution is -0.0762. The summed E-state index contributed by atoms with van der Waals surface area (Å²) in [7, 11) is 0. The highest BCUT2D eigenvalue weighted by molar-refractivity contribution is 5.02. The smallest absolute Gasteiger partial charge is 0.0621 e. The van der Waals surface area contributed by atoms with Crippen LogP contribution in [0.3, 0.4) is 0 Å². The van der Waals surface area contributed by atoms with Crippen molar-refractivity contribution in [3.8, 4) is 0 Å². The summed E-state index contributed by atoms with van der Waals surface area (Å²) in [6.45, 7) is 6.61. The van der Waals surface area contributed by atoms with Crippen LogP contribution in [0.15, 0.2) is 0 Å². The van der Waals surface area contributed by atoms with Gasteiger partial charge >= 0.3 is 0 Å². The van der Waals surface area contributed by atoms with Gasteiger partial charge in [0.15, 0.2) is 0 Å². The summed E-state index contributed by atoms with van der Waals surface area (Å²) in [5.41, 5.74) is 0.0692. The maximum absolute atomic E-state index is 9.68. The first-order valence-electron chi connectivity index (χ1n) is 6.25. The van der Waals surface area contributed by atoms with Crippen molar-refractivity contribution in [2.45, 2.75) is 57.7 Å². The van der Waals surface area contributed by atoms with Crippen LogP contribution in [0, 0.1) is 5.41 Å². The van der Waals surface area contributed by atoms with Crippen molar-refractivity contribution in [2.75, 3.05) is 13.1 Å². The predicted octanol–water partition coefficient (Wildman–Crippen LogP) is 0.878. The Labute approximate surface area is 92.6 Å². The lowest BCUT2D eigenvalue weighted by Gasteiger charge is -2.51. The van der Waals surface area contributed by atoms with E-state index in [1.807, 2.05) is 0 Å². The van der Waals surface area contributed by atoms with E-state index in [0.29, 0.717) is 12.1 Å². The maximum Gasteiger partial charge on any atom is 0.0621 e. The fraction of sp³-hybridized carbons (Fsp3) is 1.00. The molecule has 0 aromatic carbocycles. The van der Waals surface area contributed by atoms with Gasteiger partial charge in [0.25, 0.3) is 0 Å². The summed E-state index contributed by atoms with van der Waals surface area (Å²) in [5, 5.41) is 16.8. The molecule has 0 bridgehead atoms. The number of hydrogen-bond acceptors (Lipinski definition) is 3. The van der Waals surface area contributed by atoms with Crippen molar-refractivity contribution >= 4 is 0 Å². The first-order chi connectivity index (χ1) is 7.10. The van der Waals surface area contributed by atoms with Gasteiger partial charge in [0, 0.05) is 17.5 Å². The van der Waals surface area contributed by atoms with Gasteiger partial charge in [-0.3, -0.25) is 0 Å². The van der Waals surface area contributed by atoms with Crippen LogP contribution in [0.1, 0.15) is 39.5 Å². The molecule has 2 fully saturated rings. The minimum atomic E-state index is -0.112. The van der Waals surface area contributed by atoms with Crippen molar-refractivity contribution in [1.29, 1.82) is 0 Å². The zero-order chi connectivity index (χ0) is 10.9. The van der Waals surface area contributed by atoms with Gasteiger partial charge in [0.2, 0.25) is 0 Å². The van der Waals surface area contributed by atoms with E-state index in [4.69, 9.17) is 0 Å². The highest BCUT2D eigenvalue weighted by atomic mass is 16.3. The molecule has 3 unspecified atom stereocenters. The van der Waals surface area contributed by atoms with Crippen molar-refractivity contribution in [3.05, 3.63) is 0 Å². The molecule has 1 heterocycles. The number of aliphatic hydroxyl groups excluding tert-OH is 1. The van der Waals surface area contributed by atoms with Crippen molar-refractivity contribution in [3.63, 3.8) is 0 Å². The number of rotatable bonds is 2. The largest absolute Gasteiger partial charge is 0.392 e. The minimum Gasteiger partial charge on any atom is -0.392 e. The van der Waals surface area contributed by atoms with E-state index in [9.17, 15) is 5.11 Å². The highest BCUT2D eigenvalue weighted by Crippen LogP contribution is 2.40. The molecule has 1 saturated carbocycles. The summed E-state index contributed by atoms with van der Waals surface area (Å²) in [6.07, 6.45) is 4.58. The molecule has 3 N–H and O–H groups in total. The average Bonchev–Trinajstić information content (AvgIpc) is 2.46. The van der Waals surface area contributed by atoms with Gasteiger partial charge in [-0.05, 0) is 38.8 Å². The van der Waals surface area contributed by atoms with E-state index in [1.165, 1.54) is 19.3 Å². The molecule has 1 aliphatic carbocycles. The molecule has 3 nitrogen and oxygen atoms in total. The second-order valence-electron chi connectivity index (χ2n) is 5.67. The van der Waals surface area contributed by atoms with Crippen LogP contribution in [-0.2, 0) is 0 Å². The minimum absolute atomic E-state index is 0.0692. The second kappa shape index (κ2) is 4.40. The molecule has 0 amide bonds. The van der Waals surface area contributed by atoms with Crippen LogP contribution >= 0.6 is 0 Å². The first kappa shape index (κ1) is 11.4. The van der Waals surface area contributed by atoms with Crippen LogP contribution in [0.4, 0.5) is 0 Å².